The van der Waals surface area contributed by atoms with Crippen molar-refractivity contribution >= 4 is 20.7 Å². The SMILES string of the molecule is CCc1cc(CC)[c]([Al+2])c(CC)c1. The van der Waals surface area contributed by atoms with Gasteiger partial charge in [-0.3, -0.25) is 0 Å². The first-order valence-corrected chi connectivity index (χ1v) is 5.70. The summed E-state index contributed by atoms with van der Waals surface area (Å²) in [5.74, 6) is 0. The average molecular weight is 188 g/mol. The van der Waals surface area contributed by atoms with Crippen LogP contribution < -0.4 is 4.43 Å². The monoisotopic (exact) mass is 188 g/mol. The summed E-state index contributed by atoms with van der Waals surface area (Å²) in [5.41, 5.74) is 4.45. The second-order valence-electron chi connectivity index (χ2n) is 3.39. The summed E-state index contributed by atoms with van der Waals surface area (Å²) in [6.45, 7) is 6.67. The predicted molar refractivity (Wildman–Crippen MR) is 60.0 cm³/mol. The first-order chi connectivity index (χ1) is 6.22. The third kappa shape index (κ3) is 2.36. The predicted octanol–water partition coefficient (Wildman–Crippen LogP) is 2.17. The Morgan fingerprint density at radius 3 is 1.69 bits per heavy atom. The van der Waals surface area contributed by atoms with Gasteiger partial charge in [0.05, 0.1) is 0 Å². The number of hydrogen-bond acceptors (Lipinski definition) is 0. The van der Waals surface area contributed by atoms with Crippen molar-refractivity contribution in [2.75, 3.05) is 0 Å². The van der Waals surface area contributed by atoms with Gasteiger partial charge in [0, 0.05) is 0 Å². The molecular weight excluding hydrogens is 171 g/mol. The fourth-order valence-electron chi connectivity index (χ4n) is 1.64. The van der Waals surface area contributed by atoms with E-state index in [1.54, 1.807) is 0 Å². The molecule has 66 valence electrons. The van der Waals surface area contributed by atoms with Crippen molar-refractivity contribution in [2.45, 2.75) is 40.0 Å². The summed E-state index contributed by atoms with van der Waals surface area (Å²) < 4.78 is 1.42. The van der Waals surface area contributed by atoms with Gasteiger partial charge in [0.2, 0.25) is 0 Å². The zero-order chi connectivity index (χ0) is 9.84. The molecule has 0 aliphatic heterocycles. The third-order valence-corrected chi connectivity index (χ3v) is 3.32. The van der Waals surface area contributed by atoms with E-state index in [4.69, 9.17) is 0 Å². The van der Waals surface area contributed by atoms with Crippen molar-refractivity contribution < 1.29 is 0 Å². The van der Waals surface area contributed by atoms with Crippen molar-refractivity contribution in [3.05, 3.63) is 28.8 Å². The summed E-state index contributed by atoms with van der Waals surface area (Å²) in [6, 6.07) is 4.67. The van der Waals surface area contributed by atoms with Crippen molar-refractivity contribution in [2.24, 2.45) is 0 Å². The molecule has 0 radical (unpaired) electrons. The fourth-order valence-corrected chi connectivity index (χ4v) is 2.22. The van der Waals surface area contributed by atoms with Gasteiger partial charge >= 0.3 is 89.6 Å². The van der Waals surface area contributed by atoms with E-state index in [1.807, 2.05) is 0 Å². The Labute approximate surface area is 89.8 Å². The maximum atomic E-state index is 2.88. The molecule has 0 spiro atoms. The van der Waals surface area contributed by atoms with E-state index >= 15 is 0 Å². The van der Waals surface area contributed by atoms with Crippen molar-refractivity contribution in [1.82, 2.24) is 0 Å². The van der Waals surface area contributed by atoms with Crippen LogP contribution in [0, 0.1) is 0 Å². The molecule has 0 bridgehead atoms. The van der Waals surface area contributed by atoms with Gasteiger partial charge in [0.15, 0.2) is 0 Å². The zero-order valence-corrected chi connectivity index (χ0v) is 10.0. The van der Waals surface area contributed by atoms with Crippen LogP contribution in [0.2, 0.25) is 0 Å². The van der Waals surface area contributed by atoms with Gasteiger partial charge in [-0.05, 0) is 0 Å². The molecule has 0 saturated carbocycles. The van der Waals surface area contributed by atoms with Gasteiger partial charge in [0.1, 0.15) is 0 Å². The second kappa shape index (κ2) is 4.84. The molecule has 0 aliphatic carbocycles. The molecule has 0 aromatic heterocycles. The molecule has 0 atom stereocenters. The number of benzene rings is 1. The maximum absolute atomic E-state index is 2.88. The van der Waals surface area contributed by atoms with E-state index < -0.39 is 0 Å². The average Bonchev–Trinajstić information content (AvgIpc) is 2.18. The molecule has 0 aliphatic rings. The molecule has 0 heterocycles. The number of rotatable bonds is 3. The van der Waals surface area contributed by atoms with E-state index in [-0.39, 0.29) is 0 Å². The van der Waals surface area contributed by atoms with Gasteiger partial charge < -0.3 is 0 Å². The van der Waals surface area contributed by atoms with Crippen molar-refractivity contribution in [3.63, 3.8) is 0 Å². The summed E-state index contributed by atoms with van der Waals surface area (Å²) >= 11 is 2.88. The van der Waals surface area contributed by atoms with Crippen LogP contribution in [0.4, 0.5) is 0 Å². The minimum atomic E-state index is 1.14. The minimum absolute atomic E-state index is 1.14. The molecule has 1 heteroatoms. The van der Waals surface area contributed by atoms with Gasteiger partial charge in [0.25, 0.3) is 0 Å². The normalized spacial score (nSPS) is 10.5. The molecule has 0 saturated heterocycles. The van der Waals surface area contributed by atoms with E-state index in [0.717, 1.165) is 19.3 Å². The first-order valence-electron chi connectivity index (χ1n) is 5.13. The number of aryl methyl sites for hydroxylation is 3. The van der Waals surface area contributed by atoms with Crippen LogP contribution in [-0.4, -0.2) is 16.3 Å². The van der Waals surface area contributed by atoms with Crippen molar-refractivity contribution in [3.8, 4) is 0 Å². The second-order valence-corrected chi connectivity index (χ2v) is 3.97. The van der Waals surface area contributed by atoms with E-state index in [9.17, 15) is 0 Å². The molecule has 0 nitrogen and oxygen atoms in total. The van der Waals surface area contributed by atoms with Crippen LogP contribution in [0.3, 0.4) is 0 Å². The molecule has 1 aromatic rings. The van der Waals surface area contributed by atoms with Gasteiger partial charge in [-0.1, -0.05) is 0 Å². The Morgan fingerprint density at radius 1 is 0.923 bits per heavy atom. The molecule has 0 N–H and O–H groups in total. The third-order valence-electron chi connectivity index (χ3n) is 2.58. The van der Waals surface area contributed by atoms with E-state index in [0.29, 0.717) is 0 Å². The van der Waals surface area contributed by atoms with Crippen LogP contribution in [0.15, 0.2) is 12.1 Å². The molecule has 0 amide bonds. The first kappa shape index (κ1) is 10.8. The van der Waals surface area contributed by atoms with E-state index in [2.05, 4.69) is 49.2 Å². The van der Waals surface area contributed by atoms with Crippen LogP contribution in [0.5, 0.6) is 0 Å². The topological polar surface area (TPSA) is 0 Å². The fraction of sp³-hybridized carbons (Fsp3) is 0.500. The van der Waals surface area contributed by atoms with Gasteiger partial charge in [-0.15, -0.1) is 0 Å². The summed E-state index contributed by atoms with van der Waals surface area (Å²) in [6.07, 6.45) is 3.42. The Bertz CT molecular complexity index is 264. The van der Waals surface area contributed by atoms with Gasteiger partial charge in [-0.25, -0.2) is 0 Å². The van der Waals surface area contributed by atoms with Crippen LogP contribution in [0.25, 0.3) is 0 Å². The van der Waals surface area contributed by atoms with E-state index in [1.165, 1.54) is 21.1 Å². The molecule has 13 heavy (non-hydrogen) atoms. The molecular formula is C12H17Al+2. The Hall–Kier alpha value is -0.248. The Morgan fingerprint density at radius 2 is 1.38 bits per heavy atom. The summed E-state index contributed by atoms with van der Waals surface area (Å²) in [4.78, 5) is 0. The molecule has 0 unspecified atom stereocenters. The van der Waals surface area contributed by atoms with Crippen LogP contribution in [0.1, 0.15) is 37.5 Å². The Balaban J connectivity index is 3.20. The Kier molecular flexibility index (Phi) is 4.03. The standard InChI is InChI=1S/C12H17.Al/c1-4-10-7-11(5-2)9-12(6-3)8-10;/h7-8H,4-6H2,1-3H3;/q;+2. The van der Waals surface area contributed by atoms with Crippen LogP contribution in [-0.2, 0) is 19.3 Å². The molecule has 0 fully saturated rings. The summed E-state index contributed by atoms with van der Waals surface area (Å²) in [5, 5.41) is 0. The summed E-state index contributed by atoms with van der Waals surface area (Å²) in [7, 11) is 0. The molecule has 1 rings (SSSR count). The number of hydrogen-bond donors (Lipinski definition) is 0. The zero-order valence-electron chi connectivity index (χ0n) is 8.85. The quantitative estimate of drug-likeness (QED) is 0.638. The van der Waals surface area contributed by atoms with Gasteiger partial charge in [-0.2, -0.15) is 0 Å². The van der Waals surface area contributed by atoms with Crippen molar-refractivity contribution in [1.29, 1.82) is 0 Å². The van der Waals surface area contributed by atoms with Crippen LogP contribution >= 0.6 is 0 Å². The molecule has 1 aromatic carbocycles.